The fourth-order valence-electron chi connectivity index (χ4n) is 1.11. The maximum atomic E-state index is 10.8. The van der Waals surface area contributed by atoms with Crippen LogP contribution in [0.4, 0.5) is 0 Å². The highest BCUT2D eigenvalue weighted by Gasteiger charge is 2.18. The van der Waals surface area contributed by atoms with E-state index < -0.39 is 5.97 Å². The molecule has 0 atom stereocenters. The van der Waals surface area contributed by atoms with Crippen LogP contribution in [0.15, 0.2) is 16.8 Å². The molecule has 0 aliphatic rings. The van der Waals surface area contributed by atoms with Crippen LogP contribution in [0.3, 0.4) is 0 Å². The van der Waals surface area contributed by atoms with E-state index in [4.69, 9.17) is 14.4 Å². The molecule has 2 aromatic heterocycles. The standard InChI is InChI=1S/C8H7N3O4/c1-14-6-2-5(15-11-6)7-4(8(12)13)3-9-10-7/h2-3H,1H3,(H,9,10)(H,12,13). The van der Waals surface area contributed by atoms with E-state index in [2.05, 4.69) is 15.4 Å². The monoisotopic (exact) mass is 209 g/mol. The number of aromatic amines is 1. The van der Waals surface area contributed by atoms with Crippen LogP contribution in [0.2, 0.25) is 0 Å². The summed E-state index contributed by atoms with van der Waals surface area (Å²) in [4.78, 5) is 10.8. The normalized spacial score (nSPS) is 10.2. The van der Waals surface area contributed by atoms with E-state index in [1.54, 1.807) is 0 Å². The number of carboxylic acids is 1. The van der Waals surface area contributed by atoms with Gasteiger partial charge in [0.25, 0.3) is 5.88 Å². The lowest BCUT2D eigenvalue weighted by Gasteiger charge is -1.91. The fraction of sp³-hybridized carbons (Fsp3) is 0.125. The van der Waals surface area contributed by atoms with Crippen LogP contribution >= 0.6 is 0 Å². The number of hydrogen-bond donors (Lipinski definition) is 2. The number of carbonyl (C=O) groups is 1. The Labute approximate surface area is 83.7 Å². The van der Waals surface area contributed by atoms with Crippen molar-refractivity contribution < 1.29 is 19.2 Å². The summed E-state index contributed by atoms with van der Waals surface area (Å²) in [6, 6.07) is 1.47. The molecule has 0 aliphatic heterocycles. The van der Waals surface area contributed by atoms with Crippen molar-refractivity contribution in [1.29, 1.82) is 0 Å². The van der Waals surface area contributed by atoms with Gasteiger partial charge in [0.05, 0.1) is 19.4 Å². The zero-order valence-electron chi connectivity index (χ0n) is 7.72. The number of aromatic nitrogens is 3. The Morgan fingerprint density at radius 1 is 1.67 bits per heavy atom. The maximum Gasteiger partial charge on any atom is 0.339 e. The number of hydrogen-bond acceptors (Lipinski definition) is 5. The maximum absolute atomic E-state index is 10.8. The summed E-state index contributed by atoms with van der Waals surface area (Å²) in [7, 11) is 1.44. The summed E-state index contributed by atoms with van der Waals surface area (Å²) < 4.78 is 9.69. The van der Waals surface area contributed by atoms with E-state index in [9.17, 15) is 4.79 Å². The van der Waals surface area contributed by atoms with Crippen molar-refractivity contribution in [3.05, 3.63) is 17.8 Å². The highest BCUT2D eigenvalue weighted by molar-refractivity contribution is 5.93. The Morgan fingerprint density at radius 3 is 3.07 bits per heavy atom. The molecule has 0 aromatic carbocycles. The van der Waals surface area contributed by atoms with E-state index in [-0.39, 0.29) is 22.9 Å². The van der Waals surface area contributed by atoms with Crippen LogP contribution in [0, 0.1) is 0 Å². The molecule has 7 heteroatoms. The molecule has 2 rings (SSSR count). The second-order valence-corrected chi connectivity index (χ2v) is 2.70. The third kappa shape index (κ3) is 1.54. The first kappa shape index (κ1) is 9.25. The molecule has 0 spiro atoms. The average molecular weight is 209 g/mol. The number of rotatable bonds is 3. The van der Waals surface area contributed by atoms with Crippen LogP contribution in [0.1, 0.15) is 10.4 Å². The van der Waals surface area contributed by atoms with Gasteiger partial charge in [0.1, 0.15) is 11.3 Å². The molecular weight excluding hydrogens is 202 g/mol. The van der Waals surface area contributed by atoms with Gasteiger partial charge in [0.2, 0.25) is 0 Å². The van der Waals surface area contributed by atoms with Gasteiger partial charge < -0.3 is 14.4 Å². The predicted molar refractivity (Wildman–Crippen MR) is 47.6 cm³/mol. The van der Waals surface area contributed by atoms with Gasteiger partial charge in [-0.3, -0.25) is 5.10 Å². The molecule has 78 valence electrons. The molecule has 0 radical (unpaired) electrons. The van der Waals surface area contributed by atoms with Crippen LogP contribution in [-0.4, -0.2) is 33.5 Å². The van der Waals surface area contributed by atoms with Crippen molar-refractivity contribution in [2.24, 2.45) is 0 Å². The molecule has 0 amide bonds. The van der Waals surface area contributed by atoms with Crippen molar-refractivity contribution in [3.8, 4) is 17.3 Å². The number of nitrogens with one attached hydrogen (secondary N) is 1. The van der Waals surface area contributed by atoms with Gasteiger partial charge in [-0.2, -0.15) is 5.10 Å². The minimum Gasteiger partial charge on any atom is -0.479 e. The van der Waals surface area contributed by atoms with E-state index in [0.717, 1.165) is 0 Å². The number of methoxy groups -OCH3 is 1. The quantitative estimate of drug-likeness (QED) is 0.774. The van der Waals surface area contributed by atoms with E-state index >= 15 is 0 Å². The Balaban J connectivity index is 2.44. The molecule has 0 unspecified atom stereocenters. The third-order valence-corrected chi connectivity index (χ3v) is 1.81. The summed E-state index contributed by atoms with van der Waals surface area (Å²) in [6.45, 7) is 0. The van der Waals surface area contributed by atoms with Gasteiger partial charge in [-0.25, -0.2) is 4.79 Å². The van der Waals surface area contributed by atoms with Crippen molar-refractivity contribution in [2.45, 2.75) is 0 Å². The van der Waals surface area contributed by atoms with Crippen molar-refractivity contribution in [3.63, 3.8) is 0 Å². The number of ether oxygens (including phenoxy) is 1. The summed E-state index contributed by atoms with van der Waals surface area (Å²) in [5.41, 5.74) is 0.284. The van der Waals surface area contributed by atoms with Gasteiger partial charge in [-0.05, 0) is 5.16 Å². The summed E-state index contributed by atoms with van der Waals surface area (Å²) in [5.74, 6) is -0.549. The van der Waals surface area contributed by atoms with Gasteiger partial charge in [0, 0.05) is 0 Å². The second-order valence-electron chi connectivity index (χ2n) is 2.70. The molecule has 2 heterocycles. The van der Waals surface area contributed by atoms with Crippen LogP contribution < -0.4 is 4.74 Å². The topological polar surface area (TPSA) is 101 Å². The molecule has 0 saturated heterocycles. The van der Waals surface area contributed by atoms with Crippen LogP contribution in [-0.2, 0) is 0 Å². The van der Waals surface area contributed by atoms with Gasteiger partial charge in [-0.15, -0.1) is 0 Å². The first-order valence-corrected chi connectivity index (χ1v) is 4.00. The van der Waals surface area contributed by atoms with Gasteiger partial charge in [0.15, 0.2) is 5.76 Å². The first-order chi connectivity index (χ1) is 7.22. The second kappa shape index (κ2) is 3.45. The Kier molecular flexibility index (Phi) is 2.13. The van der Waals surface area contributed by atoms with Crippen LogP contribution in [0.5, 0.6) is 5.88 Å². The highest BCUT2D eigenvalue weighted by atomic mass is 16.5. The summed E-state index contributed by atoms with van der Waals surface area (Å²) >= 11 is 0. The Bertz CT molecular complexity index is 488. The number of H-pyrrole nitrogens is 1. The first-order valence-electron chi connectivity index (χ1n) is 4.00. The summed E-state index contributed by atoms with van der Waals surface area (Å²) in [6.07, 6.45) is 1.20. The van der Waals surface area contributed by atoms with E-state index in [1.807, 2.05) is 0 Å². The minimum atomic E-state index is -1.09. The van der Waals surface area contributed by atoms with Crippen molar-refractivity contribution >= 4 is 5.97 Å². The molecular formula is C8H7N3O4. The fourth-order valence-corrected chi connectivity index (χ4v) is 1.11. The predicted octanol–water partition coefficient (Wildman–Crippen LogP) is 0.771. The largest absolute Gasteiger partial charge is 0.479 e. The lowest BCUT2D eigenvalue weighted by Crippen LogP contribution is -1.95. The highest BCUT2D eigenvalue weighted by Crippen LogP contribution is 2.24. The summed E-state index contributed by atoms with van der Waals surface area (Å²) in [5, 5.41) is 18.5. The van der Waals surface area contributed by atoms with Crippen molar-refractivity contribution in [2.75, 3.05) is 7.11 Å². The number of aromatic carboxylic acids is 1. The molecule has 0 bridgehead atoms. The molecule has 0 aliphatic carbocycles. The van der Waals surface area contributed by atoms with E-state index in [1.165, 1.54) is 19.4 Å². The Hall–Kier alpha value is -2.31. The number of nitrogens with zero attached hydrogens (tertiary/aromatic N) is 2. The van der Waals surface area contributed by atoms with Crippen LogP contribution in [0.25, 0.3) is 11.5 Å². The molecule has 0 fully saturated rings. The third-order valence-electron chi connectivity index (χ3n) is 1.81. The zero-order valence-corrected chi connectivity index (χ0v) is 7.72. The SMILES string of the molecule is COc1cc(-c2[nH]ncc2C(=O)O)on1. The lowest BCUT2D eigenvalue weighted by molar-refractivity contribution is 0.0697. The molecule has 0 saturated carbocycles. The molecule has 2 N–H and O–H groups in total. The smallest absolute Gasteiger partial charge is 0.339 e. The van der Waals surface area contributed by atoms with E-state index in [0.29, 0.717) is 0 Å². The molecule has 7 nitrogen and oxygen atoms in total. The van der Waals surface area contributed by atoms with Crippen molar-refractivity contribution in [1.82, 2.24) is 15.4 Å². The average Bonchev–Trinajstić information content (AvgIpc) is 2.85. The molecule has 2 aromatic rings. The van der Waals surface area contributed by atoms with Gasteiger partial charge >= 0.3 is 5.97 Å². The minimum absolute atomic E-state index is 0.0220. The van der Waals surface area contributed by atoms with Gasteiger partial charge in [-0.1, -0.05) is 0 Å². The Morgan fingerprint density at radius 2 is 2.47 bits per heavy atom. The zero-order chi connectivity index (χ0) is 10.8. The number of carboxylic acid groups (broad SMARTS) is 1. The molecule has 15 heavy (non-hydrogen) atoms. The lowest BCUT2D eigenvalue weighted by atomic mass is 10.2.